The molecule has 2 aromatic carbocycles. The predicted octanol–water partition coefficient (Wildman–Crippen LogP) is 2.88. The van der Waals surface area contributed by atoms with Crippen molar-refractivity contribution in [3.05, 3.63) is 82.8 Å². The summed E-state index contributed by atoms with van der Waals surface area (Å²) >= 11 is 0. The Balaban J connectivity index is 1.91. The molecule has 0 atom stereocenters. The number of benzene rings is 2. The van der Waals surface area contributed by atoms with E-state index < -0.39 is 11.3 Å². The zero-order valence-corrected chi connectivity index (χ0v) is 13.7. The molecule has 1 heterocycles. The number of hydrogen-bond acceptors (Lipinski definition) is 4. The molecule has 0 saturated heterocycles. The second-order valence-electron chi connectivity index (χ2n) is 5.19. The average molecular weight is 335 g/mol. The van der Waals surface area contributed by atoms with Crippen molar-refractivity contribution in [2.45, 2.75) is 6.92 Å². The third-order valence-corrected chi connectivity index (χ3v) is 3.48. The number of hydrogen-bond donors (Lipinski definition) is 1. The zero-order valence-electron chi connectivity index (χ0n) is 13.7. The van der Waals surface area contributed by atoms with Gasteiger partial charge in [-0.15, -0.1) is 0 Å². The molecule has 0 fully saturated rings. The molecule has 3 rings (SSSR count). The quantitative estimate of drug-likeness (QED) is 0.778. The highest BCUT2D eigenvalue weighted by Crippen LogP contribution is 2.23. The minimum absolute atomic E-state index is 0.183. The Hall–Kier alpha value is -3.41. The number of anilines is 1. The molecule has 0 radical (unpaired) electrons. The number of aromatic nitrogens is 2. The maximum Gasteiger partial charge on any atom is 0.280 e. The summed E-state index contributed by atoms with van der Waals surface area (Å²) in [4.78, 5) is 24.6. The fraction of sp³-hybridized carbons (Fsp3) is 0.105. The van der Waals surface area contributed by atoms with Crippen LogP contribution in [0.4, 0.5) is 5.69 Å². The molecular weight excluding hydrogens is 318 g/mol. The third-order valence-electron chi connectivity index (χ3n) is 3.48. The zero-order chi connectivity index (χ0) is 17.6. The fourth-order valence-electron chi connectivity index (χ4n) is 2.32. The number of amides is 1. The highest BCUT2D eigenvalue weighted by molar-refractivity contribution is 6.03. The number of carbonyl (C=O) groups excluding carboxylic acids is 1. The van der Waals surface area contributed by atoms with Gasteiger partial charge in [0.1, 0.15) is 5.75 Å². The molecule has 25 heavy (non-hydrogen) atoms. The van der Waals surface area contributed by atoms with Crippen molar-refractivity contribution in [1.29, 1.82) is 0 Å². The average Bonchev–Trinajstić information content (AvgIpc) is 2.64. The Morgan fingerprint density at radius 1 is 1.08 bits per heavy atom. The highest BCUT2D eigenvalue weighted by Gasteiger charge is 2.15. The summed E-state index contributed by atoms with van der Waals surface area (Å²) in [5.41, 5.74) is 0.619. The second-order valence-corrected chi connectivity index (χ2v) is 5.19. The van der Waals surface area contributed by atoms with Crippen molar-refractivity contribution in [3.63, 3.8) is 0 Å². The molecule has 1 N–H and O–H groups in total. The van der Waals surface area contributed by atoms with E-state index in [4.69, 9.17) is 4.74 Å². The van der Waals surface area contributed by atoms with Crippen LogP contribution in [-0.2, 0) is 0 Å². The second kappa shape index (κ2) is 7.44. The SMILES string of the molecule is CCOc1ccccc1NC(=O)c1nn(-c2ccccc2)ccc1=O. The van der Waals surface area contributed by atoms with Crippen molar-refractivity contribution in [2.75, 3.05) is 11.9 Å². The van der Waals surface area contributed by atoms with E-state index in [2.05, 4.69) is 10.4 Å². The van der Waals surface area contributed by atoms with Crippen molar-refractivity contribution in [2.24, 2.45) is 0 Å². The summed E-state index contributed by atoms with van der Waals surface area (Å²) in [6.07, 6.45) is 1.53. The van der Waals surface area contributed by atoms with Gasteiger partial charge in [0.05, 0.1) is 18.0 Å². The Morgan fingerprint density at radius 3 is 2.56 bits per heavy atom. The summed E-state index contributed by atoms with van der Waals surface area (Å²) in [5.74, 6) is -0.0416. The molecule has 0 spiro atoms. The van der Waals surface area contributed by atoms with Gasteiger partial charge in [-0.05, 0) is 31.2 Å². The van der Waals surface area contributed by atoms with Gasteiger partial charge in [-0.25, -0.2) is 4.68 Å². The van der Waals surface area contributed by atoms with E-state index in [-0.39, 0.29) is 5.69 Å². The summed E-state index contributed by atoms with van der Waals surface area (Å²) in [6, 6.07) is 17.6. The number of nitrogens with zero attached hydrogens (tertiary/aromatic N) is 2. The van der Waals surface area contributed by atoms with Gasteiger partial charge in [0.15, 0.2) is 5.69 Å². The normalized spacial score (nSPS) is 10.3. The van der Waals surface area contributed by atoms with Crippen molar-refractivity contribution in [3.8, 4) is 11.4 Å². The molecule has 1 amide bonds. The van der Waals surface area contributed by atoms with Crippen LogP contribution < -0.4 is 15.5 Å². The lowest BCUT2D eigenvalue weighted by molar-refractivity contribution is 0.101. The van der Waals surface area contributed by atoms with E-state index in [1.807, 2.05) is 43.3 Å². The largest absolute Gasteiger partial charge is 0.492 e. The van der Waals surface area contributed by atoms with Crippen LogP contribution in [-0.4, -0.2) is 22.3 Å². The monoisotopic (exact) mass is 335 g/mol. The van der Waals surface area contributed by atoms with Crippen LogP contribution >= 0.6 is 0 Å². The Bertz CT molecular complexity index is 936. The van der Waals surface area contributed by atoms with Gasteiger partial charge >= 0.3 is 0 Å². The van der Waals surface area contributed by atoms with E-state index in [0.29, 0.717) is 18.0 Å². The Labute approximate surface area is 144 Å². The minimum atomic E-state index is -0.581. The van der Waals surface area contributed by atoms with Gasteiger partial charge in [-0.1, -0.05) is 30.3 Å². The van der Waals surface area contributed by atoms with Crippen LogP contribution in [0.2, 0.25) is 0 Å². The molecule has 6 heteroatoms. The first-order chi connectivity index (χ1) is 12.2. The van der Waals surface area contributed by atoms with Gasteiger partial charge < -0.3 is 10.1 Å². The maximum absolute atomic E-state index is 12.5. The van der Waals surface area contributed by atoms with Crippen LogP contribution in [0.25, 0.3) is 5.69 Å². The first-order valence-corrected chi connectivity index (χ1v) is 7.87. The lowest BCUT2D eigenvalue weighted by Crippen LogP contribution is -2.25. The van der Waals surface area contributed by atoms with Gasteiger partial charge in [-0.3, -0.25) is 9.59 Å². The van der Waals surface area contributed by atoms with Crippen LogP contribution in [0.15, 0.2) is 71.7 Å². The molecule has 0 aliphatic rings. The van der Waals surface area contributed by atoms with Gasteiger partial charge in [-0.2, -0.15) is 5.10 Å². The standard InChI is InChI=1S/C19H17N3O3/c1-2-25-17-11-7-6-10-15(17)20-19(24)18-16(23)12-13-22(21-18)14-8-4-3-5-9-14/h3-13H,2H2,1H3,(H,20,24). The van der Waals surface area contributed by atoms with E-state index in [0.717, 1.165) is 5.69 Å². The first-order valence-electron chi connectivity index (χ1n) is 7.87. The van der Waals surface area contributed by atoms with E-state index in [9.17, 15) is 9.59 Å². The molecule has 0 bridgehead atoms. The lowest BCUT2D eigenvalue weighted by Gasteiger charge is -2.11. The first kappa shape index (κ1) is 16.4. The third kappa shape index (κ3) is 3.74. The smallest absolute Gasteiger partial charge is 0.280 e. The summed E-state index contributed by atoms with van der Waals surface area (Å²) < 4.78 is 6.97. The molecule has 126 valence electrons. The molecule has 0 aliphatic heterocycles. The van der Waals surface area contributed by atoms with Gasteiger partial charge in [0, 0.05) is 12.3 Å². The van der Waals surface area contributed by atoms with Crippen molar-refractivity contribution in [1.82, 2.24) is 9.78 Å². The van der Waals surface area contributed by atoms with Crippen LogP contribution in [0.5, 0.6) is 5.75 Å². The number of nitrogens with one attached hydrogen (secondary N) is 1. The maximum atomic E-state index is 12.5. The van der Waals surface area contributed by atoms with Crippen molar-refractivity contribution >= 4 is 11.6 Å². The van der Waals surface area contributed by atoms with E-state index in [1.54, 1.807) is 18.2 Å². The molecular formula is C19H17N3O3. The topological polar surface area (TPSA) is 73.2 Å². The predicted molar refractivity (Wildman–Crippen MR) is 95.4 cm³/mol. The molecule has 0 saturated carbocycles. The van der Waals surface area contributed by atoms with Gasteiger partial charge in [0.2, 0.25) is 5.43 Å². The van der Waals surface area contributed by atoms with E-state index in [1.165, 1.54) is 16.9 Å². The van der Waals surface area contributed by atoms with Crippen LogP contribution in [0, 0.1) is 0 Å². The summed E-state index contributed by atoms with van der Waals surface area (Å²) in [7, 11) is 0. The Morgan fingerprint density at radius 2 is 1.80 bits per heavy atom. The summed E-state index contributed by atoms with van der Waals surface area (Å²) in [5, 5.41) is 6.86. The Kier molecular flexibility index (Phi) is 4.89. The number of ether oxygens (including phenoxy) is 1. The number of carbonyl (C=O) groups is 1. The fourth-order valence-corrected chi connectivity index (χ4v) is 2.32. The summed E-state index contributed by atoms with van der Waals surface area (Å²) in [6.45, 7) is 2.33. The van der Waals surface area contributed by atoms with E-state index >= 15 is 0 Å². The molecule has 1 aromatic heterocycles. The molecule has 6 nitrogen and oxygen atoms in total. The van der Waals surface area contributed by atoms with Crippen LogP contribution in [0.1, 0.15) is 17.4 Å². The molecule has 0 unspecified atom stereocenters. The molecule has 0 aliphatic carbocycles. The van der Waals surface area contributed by atoms with Crippen LogP contribution in [0.3, 0.4) is 0 Å². The number of para-hydroxylation sites is 3. The number of rotatable bonds is 5. The van der Waals surface area contributed by atoms with Crippen molar-refractivity contribution < 1.29 is 9.53 Å². The minimum Gasteiger partial charge on any atom is -0.492 e. The van der Waals surface area contributed by atoms with Gasteiger partial charge in [0.25, 0.3) is 5.91 Å². The highest BCUT2D eigenvalue weighted by atomic mass is 16.5. The lowest BCUT2D eigenvalue weighted by atomic mass is 10.2. The molecule has 3 aromatic rings.